The van der Waals surface area contributed by atoms with Gasteiger partial charge in [-0.25, -0.2) is 8.78 Å². The van der Waals surface area contributed by atoms with Crippen LogP contribution in [0.5, 0.6) is 11.5 Å². The molecule has 3 rings (SSSR count). The highest BCUT2D eigenvalue weighted by atomic mass is 32.1. The number of nitrogens with two attached hydrogens (primary N) is 1. The Balaban J connectivity index is 1.66. The van der Waals surface area contributed by atoms with E-state index in [9.17, 15) is 8.78 Å². The van der Waals surface area contributed by atoms with Gasteiger partial charge in [0.25, 0.3) is 0 Å². The summed E-state index contributed by atoms with van der Waals surface area (Å²) in [6, 6.07) is 9.21. The molecule has 0 saturated carbocycles. The molecular formula is C19H17F2NO2S. The molecule has 0 aliphatic heterocycles. The van der Waals surface area contributed by atoms with Crippen molar-refractivity contribution in [3.05, 3.63) is 75.5 Å². The topological polar surface area (TPSA) is 44.5 Å². The van der Waals surface area contributed by atoms with Gasteiger partial charge in [0.1, 0.15) is 24.7 Å². The van der Waals surface area contributed by atoms with Crippen LogP contribution in [0.15, 0.2) is 47.2 Å². The number of nitrogen functional groups attached to an aromatic ring is 1. The van der Waals surface area contributed by atoms with E-state index in [0.29, 0.717) is 29.4 Å². The van der Waals surface area contributed by atoms with E-state index >= 15 is 0 Å². The smallest absolute Gasteiger partial charge is 0.159 e. The molecule has 0 unspecified atom stereocenters. The van der Waals surface area contributed by atoms with Crippen molar-refractivity contribution in [3.8, 4) is 11.5 Å². The molecule has 0 bridgehead atoms. The first kappa shape index (κ1) is 17.2. The van der Waals surface area contributed by atoms with Gasteiger partial charge in [0.15, 0.2) is 11.6 Å². The lowest BCUT2D eigenvalue weighted by Gasteiger charge is -2.11. The van der Waals surface area contributed by atoms with Gasteiger partial charge in [0.05, 0.1) is 0 Å². The fourth-order valence-electron chi connectivity index (χ4n) is 2.29. The lowest BCUT2D eigenvalue weighted by molar-refractivity contribution is 0.289. The van der Waals surface area contributed by atoms with E-state index in [-0.39, 0.29) is 6.61 Å². The van der Waals surface area contributed by atoms with Crippen LogP contribution < -0.4 is 15.2 Å². The van der Waals surface area contributed by atoms with E-state index in [1.54, 1.807) is 6.07 Å². The first-order valence-electron chi connectivity index (χ1n) is 7.63. The molecule has 2 N–H and O–H groups in total. The normalized spacial score (nSPS) is 10.7. The molecule has 130 valence electrons. The maximum atomic E-state index is 13.2. The van der Waals surface area contributed by atoms with Crippen LogP contribution in [-0.2, 0) is 13.2 Å². The molecule has 0 aliphatic rings. The third-order valence-electron chi connectivity index (χ3n) is 3.58. The fourth-order valence-corrected chi connectivity index (χ4v) is 3.02. The Morgan fingerprint density at radius 2 is 1.64 bits per heavy atom. The van der Waals surface area contributed by atoms with Crippen molar-refractivity contribution in [2.24, 2.45) is 0 Å². The third kappa shape index (κ3) is 4.48. The second-order valence-electron chi connectivity index (χ2n) is 5.66. The molecule has 2 aromatic carbocycles. The first-order chi connectivity index (χ1) is 12.0. The fraction of sp³-hybridized carbons (Fsp3) is 0.158. The van der Waals surface area contributed by atoms with Crippen LogP contribution in [0, 0.1) is 18.6 Å². The molecule has 0 spiro atoms. The molecular weight excluding hydrogens is 344 g/mol. The number of ether oxygens (including phenoxy) is 2. The monoisotopic (exact) mass is 361 g/mol. The summed E-state index contributed by atoms with van der Waals surface area (Å²) < 4.78 is 37.7. The van der Waals surface area contributed by atoms with Gasteiger partial charge < -0.3 is 15.2 Å². The van der Waals surface area contributed by atoms with E-state index in [4.69, 9.17) is 15.2 Å². The molecule has 3 nitrogen and oxygen atoms in total. The van der Waals surface area contributed by atoms with Crippen molar-refractivity contribution in [2.75, 3.05) is 5.73 Å². The SMILES string of the molecule is Cc1cc(OCc2ccc(F)c(F)c2)cc(OCc2cscc2N)c1. The molecule has 0 saturated heterocycles. The highest BCUT2D eigenvalue weighted by molar-refractivity contribution is 7.08. The Hall–Kier alpha value is -2.60. The molecule has 25 heavy (non-hydrogen) atoms. The molecule has 1 aromatic heterocycles. The average molecular weight is 361 g/mol. The zero-order valence-corrected chi connectivity index (χ0v) is 14.4. The number of aryl methyl sites for hydroxylation is 1. The Morgan fingerprint density at radius 1 is 0.920 bits per heavy atom. The Kier molecular flexibility index (Phi) is 5.19. The van der Waals surface area contributed by atoms with Gasteiger partial charge in [-0.2, -0.15) is 0 Å². The largest absolute Gasteiger partial charge is 0.489 e. The van der Waals surface area contributed by atoms with Crippen LogP contribution >= 0.6 is 11.3 Å². The first-order valence-corrected chi connectivity index (χ1v) is 8.57. The predicted molar refractivity (Wildman–Crippen MR) is 94.9 cm³/mol. The van der Waals surface area contributed by atoms with E-state index < -0.39 is 11.6 Å². The van der Waals surface area contributed by atoms with Crippen molar-refractivity contribution in [3.63, 3.8) is 0 Å². The lowest BCUT2D eigenvalue weighted by Crippen LogP contribution is -2.00. The van der Waals surface area contributed by atoms with E-state index in [2.05, 4.69) is 0 Å². The zero-order valence-electron chi connectivity index (χ0n) is 13.6. The van der Waals surface area contributed by atoms with Gasteiger partial charge in [-0.1, -0.05) is 6.07 Å². The highest BCUT2D eigenvalue weighted by Gasteiger charge is 2.06. The molecule has 6 heteroatoms. The number of thiophene rings is 1. The summed E-state index contributed by atoms with van der Waals surface area (Å²) in [6.07, 6.45) is 0. The van der Waals surface area contributed by atoms with E-state index in [0.717, 1.165) is 23.3 Å². The quantitative estimate of drug-likeness (QED) is 0.666. The predicted octanol–water partition coefficient (Wildman–Crippen LogP) is 5.07. The van der Waals surface area contributed by atoms with Crippen molar-refractivity contribution in [1.29, 1.82) is 0 Å². The second-order valence-corrected chi connectivity index (χ2v) is 6.40. The number of hydrogen-bond donors (Lipinski definition) is 1. The minimum atomic E-state index is -0.886. The van der Waals surface area contributed by atoms with Gasteiger partial charge in [-0.05, 0) is 47.7 Å². The number of anilines is 1. The Bertz CT molecular complexity index is 880. The number of rotatable bonds is 6. The summed E-state index contributed by atoms with van der Waals surface area (Å²) in [5, 5.41) is 3.82. The standard InChI is InChI=1S/C19H17F2NO2S/c1-12-4-15(23-8-13-2-3-17(20)18(21)6-13)7-16(5-12)24-9-14-10-25-11-19(14)22/h2-7,10-11H,8-9,22H2,1H3. The number of halogens is 2. The molecule has 0 radical (unpaired) electrons. The summed E-state index contributed by atoms with van der Waals surface area (Å²) >= 11 is 1.53. The van der Waals surface area contributed by atoms with Crippen LogP contribution in [-0.4, -0.2) is 0 Å². The van der Waals surface area contributed by atoms with Crippen molar-refractivity contribution in [1.82, 2.24) is 0 Å². The zero-order chi connectivity index (χ0) is 17.8. The van der Waals surface area contributed by atoms with E-state index in [1.807, 2.05) is 29.8 Å². The van der Waals surface area contributed by atoms with Crippen LogP contribution in [0.3, 0.4) is 0 Å². The number of benzene rings is 2. The minimum Gasteiger partial charge on any atom is -0.489 e. The van der Waals surface area contributed by atoms with Crippen LogP contribution in [0.4, 0.5) is 14.5 Å². The maximum absolute atomic E-state index is 13.2. The van der Waals surface area contributed by atoms with Crippen LogP contribution in [0.25, 0.3) is 0 Å². The second kappa shape index (κ2) is 7.53. The molecule has 1 heterocycles. The molecule has 3 aromatic rings. The summed E-state index contributed by atoms with van der Waals surface area (Å²) in [6.45, 7) is 2.44. The minimum absolute atomic E-state index is 0.136. The number of hydrogen-bond acceptors (Lipinski definition) is 4. The van der Waals surface area contributed by atoms with Gasteiger partial charge in [-0.3, -0.25) is 0 Å². The highest BCUT2D eigenvalue weighted by Crippen LogP contribution is 2.26. The summed E-state index contributed by atoms with van der Waals surface area (Å²) in [5.74, 6) is -0.505. The molecule has 0 aliphatic carbocycles. The van der Waals surface area contributed by atoms with Crippen LogP contribution in [0.1, 0.15) is 16.7 Å². The van der Waals surface area contributed by atoms with Gasteiger partial charge in [0, 0.05) is 22.7 Å². The van der Waals surface area contributed by atoms with Gasteiger partial charge >= 0.3 is 0 Å². The van der Waals surface area contributed by atoms with Crippen LogP contribution in [0.2, 0.25) is 0 Å². The molecule has 0 fully saturated rings. The summed E-state index contributed by atoms with van der Waals surface area (Å²) in [5.41, 5.74) is 9.02. The summed E-state index contributed by atoms with van der Waals surface area (Å²) in [7, 11) is 0. The Labute approximate surface area is 148 Å². The average Bonchev–Trinajstić information content (AvgIpc) is 2.99. The van der Waals surface area contributed by atoms with Gasteiger partial charge in [-0.15, -0.1) is 11.3 Å². The van der Waals surface area contributed by atoms with Crippen molar-refractivity contribution in [2.45, 2.75) is 20.1 Å². The maximum Gasteiger partial charge on any atom is 0.159 e. The van der Waals surface area contributed by atoms with Crippen molar-refractivity contribution >= 4 is 17.0 Å². The van der Waals surface area contributed by atoms with Gasteiger partial charge in [0.2, 0.25) is 0 Å². The molecule has 0 amide bonds. The van der Waals surface area contributed by atoms with Crippen molar-refractivity contribution < 1.29 is 18.3 Å². The van der Waals surface area contributed by atoms with E-state index in [1.165, 1.54) is 17.4 Å². The molecule has 0 atom stereocenters. The Morgan fingerprint density at radius 3 is 2.28 bits per heavy atom. The third-order valence-corrected chi connectivity index (χ3v) is 4.39. The lowest BCUT2D eigenvalue weighted by atomic mass is 10.2. The summed E-state index contributed by atoms with van der Waals surface area (Å²) in [4.78, 5) is 0.